The lowest BCUT2D eigenvalue weighted by atomic mass is 10.1. The van der Waals surface area contributed by atoms with Crippen LogP contribution in [0.5, 0.6) is 0 Å². The molecule has 2 aromatic carbocycles. The van der Waals surface area contributed by atoms with Crippen LogP contribution in [0.15, 0.2) is 65.6 Å². The molecule has 1 aromatic heterocycles. The second-order valence-corrected chi connectivity index (χ2v) is 8.27. The highest BCUT2D eigenvalue weighted by Gasteiger charge is 2.13. The molecule has 7 heteroatoms. The first-order chi connectivity index (χ1) is 15.5. The van der Waals surface area contributed by atoms with Crippen LogP contribution in [0.1, 0.15) is 29.6 Å². The first-order valence-electron chi connectivity index (χ1n) is 10.9. The van der Waals surface area contributed by atoms with Gasteiger partial charge in [0.05, 0.1) is 0 Å². The highest BCUT2D eigenvalue weighted by atomic mass is 16.2. The van der Waals surface area contributed by atoms with Crippen LogP contribution in [-0.4, -0.2) is 43.1 Å². The summed E-state index contributed by atoms with van der Waals surface area (Å²) in [6.07, 6.45) is 5.34. The Morgan fingerprint density at radius 1 is 0.969 bits per heavy atom. The van der Waals surface area contributed by atoms with Crippen LogP contribution in [0.3, 0.4) is 0 Å². The van der Waals surface area contributed by atoms with Gasteiger partial charge >= 0.3 is 0 Å². The topological polar surface area (TPSA) is 80.5 Å². The summed E-state index contributed by atoms with van der Waals surface area (Å²) < 4.78 is 0. The minimum absolute atomic E-state index is 0.221. The van der Waals surface area contributed by atoms with Crippen molar-refractivity contribution in [1.29, 1.82) is 0 Å². The van der Waals surface area contributed by atoms with Gasteiger partial charge < -0.3 is 20.6 Å². The Bertz CT molecular complexity index is 1130. The molecule has 1 aliphatic heterocycles. The summed E-state index contributed by atoms with van der Waals surface area (Å²) >= 11 is 0. The van der Waals surface area contributed by atoms with Crippen molar-refractivity contribution in [2.24, 2.45) is 0 Å². The monoisotopic (exact) mass is 431 g/mol. The van der Waals surface area contributed by atoms with Crippen molar-refractivity contribution in [1.82, 2.24) is 9.99 Å². The Kier molecular flexibility index (Phi) is 6.56. The summed E-state index contributed by atoms with van der Waals surface area (Å²) in [6.45, 7) is 2.11. The van der Waals surface area contributed by atoms with Crippen LogP contribution in [-0.2, 0) is 0 Å². The molecule has 32 heavy (non-hydrogen) atoms. The fourth-order valence-corrected chi connectivity index (χ4v) is 3.94. The molecule has 0 aliphatic carbocycles. The molecule has 1 aliphatic rings. The third kappa shape index (κ3) is 5.18. The van der Waals surface area contributed by atoms with Crippen LogP contribution in [0.4, 0.5) is 17.1 Å². The number of hydrazine groups is 1. The quantitative estimate of drug-likeness (QED) is 0.511. The van der Waals surface area contributed by atoms with Crippen molar-refractivity contribution in [3.8, 4) is 11.1 Å². The molecular weight excluding hydrogens is 402 g/mol. The van der Waals surface area contributed by atoms with Gasteiger partial charge in [-0.25, -0.2) is 5.01 Å². The van der Waals surface area contributed by atoms with Gasteiger partial charge in [-0.15, -0.1) is 0 Å². The zero-order valence-electron chi connectivity index (χ0n) is 18.5. The number of carbonyl (C=O) groups is 1. The van der Waals surface area contributed by atoms with Crippen molar-refractivity contribution in [2.75, 3.05) is 42.8 Å². The van der Waals surface area contributed by atoms with E-state index in [9.17, 15) is 9.59 Å². The molecule has 1 amide bonds. The highest BCUT2D eigenvalue weighted by molar-refractivity contribution is 6.04. The van der Waals surface area contributed by atoms with Gasteiger partial charge in [0.15, 0.2) is 0 Å². The molecule has 3 aromatic rings. The van der Waals surface area contributed by atoms with Crippen LogP contribution >= 0.6 is 0 Å². The van der Waals surface area contributed by atoms with E-state index in [4.69, 9.17) is 0 Å². The zero-order chi connectivity index (χ0) is 22.5. The molecule has 0 unspecified atom stereocenters. The Morgan fingerprint density at radius 3 is 2.44 bits per heavy atom. The third-order valence-corrected chi connectivity index (χ3v) is 5.55. The van der Waals surface area contributed by atoms with Gasteiger partial charge in [0.25, 0.3) is 11.5 Å². The summed E-state index contributed by atoms with van der Waals surface area (Å²) in [5, 5.41) is 4.62. The van der Waals surface area contributed by atoms with E-state index in [1.54, 1.807) is 12.3 Å². The normalized spacial score (nSPS) is 13.8. The van der Waals surface area contributed by atoms with Gasteiger partial charge in [-0.3, -0.25) is 9.59 Å². The SMILES string of the molecule is CN(C)Nc1cccc(-c2c[nH]c(=O)c(NC(=O)c3ccc(N4CCCCC4)cc3)c2)c1. The number of anilines is 3. The number of H-pyrrole nitrogens is 1. The predicted molar refractivity (Wildman–Crippen MR) is 130 cm³/mol. The molecule has 0 bridgehead atoms. The lowest BCUT2D eigenvalue weighted by Crippen LogP contribution is -2.29. The van der Waals surface area contributed by atoms with Crippen LogP contribution < -0.4 is 21.2 Å². The van der Waals surface area contributed by atoms with Gasteiger partial charge in [0.1, 0.15) is 5.69 Å². The lowest BCUT2D eigenvalue weighted by molar-refractivity contribution is 0.102. The van der Waals surface area contributed by atoms with E-state index in [1.165, 1.54) is 19.3 Å². The molecule has 2 heterocycles. The molecular formula is C25H29N5O2. The fraction of sp³-hybridized carbons (Fsp3) is 0.280. The average Bonchev–Trinajstić information content (AvgIpc) is 2.81. The van der Waals surface area contributed by atoms with Crippen molar-refractivity contribution >= 4 is 23.0 Å². The molecule has 0 radical (unpaired) electrons. The molecule has 1 fully saturated rings. The number of nitrogens with zero attached hydrogens (tertiary/aromatic N) is 2. The third-order valence-electron chi connectivity index (χ3n) is 5.55. The van der Waals surface area contributed by atoms with Gasteiger partial charge in [-0.1, -0.05) is 12.1 Å². The number of carbonyl (C=O) groups excluding carboxylic acids is 1. The molecule has 1 saturated heterocycles. The largest absolute Gasteiger partial charge is 0.372 e. The van der Waals surface area contributed by atoms with Crippen LogP contribution in [0.25, 0.3) is 11.1 Å². The minimum Gasteiger partial charge on any atom is -0.372 e. The number of nitrogens with one attached hydrogen (secondary N) is 3. The molecule has 7 nitrogen and oxygen atoms in total. The summed E-state index contributed by atoms with van der Waals surface area (Å²) in [7, 11) is 3.83. The Labute approximate surface area is 188 Å². The van der Waals surface area contributed by atoms with E-state index in [0.717, 1.165) is 35.6 Å². The predicted octanol–water partition coefficient (Wildman–Crippen LogP) is 4.17. The first-order valence-corrected chi connectivity index (χ1v) is 10.9. The van der Waals surface area contributed by atoms with Crippen molar-refractivity contribution in [3.63, 3.8) is 0 Å². The summed E-state index contributed by atoms with van der Waals surface area (Å²) in [4.78, 5) is 30.2. The summed E-state index contributed by atoms with van der Waals surface area (Å²) in [5.41, 5.74) is 7.41. The lowest BCUT2D eigenvalue weighted by Gasteiger charge is -2.28. The van der Waals surface area contributed by atoms with Gasteiger partial charge in [-0.2, -0.15) is 0 Å². The van der Waals surface area contributed by atoms with E-state index in [2.05, 4.69) is 20.6 Å². The fourth-order valence-electron chi connectivity index (χ4n) is 3.94. The van der Waals surface area contributed by atoms with Crippen molar-refractivity contribution < 1.29 is 4.79 Å². The minimum atomic E-state index is -0.338. The van der Waals surface area contributed by atoms with Crippen molar-refractivity contribution in [2.45, 2.75) is 19.3 Å². The summed E-state index contributed by atoms with van der Waals surface area (Å²) in [5.74, 6) is -0.305. The smallest absolute Gasteiger partial charge is 0.271 e. The number of pyridine rings is 1. The number of hydrogen-bond donors (Lipinski definition) is 3. The number of benzene rings is 2. The maximum atomic E-state index is 12.8. The number of amides is 1. The van der Waals surface area contributed by atoms with Crippen LogP contribution in [0, 0.1) is 0 Å². The summed E-state index contributed by atoms with van der Waals surface area (Å²) in [6, 6.07) is 17.1. The molecule has 166 valence electrons. The first kappa shape index (κ1) is 21.6. The van der Waals surface area contributed by atoms with Gasteiger partial charge in [0, 0.05) is 55.9 Å². The second kappa shape index (κ2) is 9.70. The highest BCUT2D eigenvalue weighted by Crippen LogP contribution is 2.24. The molecule has 0 saturated carbocycles. The Morgan fingerprint density at radius 2 is 1.72 bits per heavy atom. The van der Waals surface area contributed by atoms with E-state index >= 15 is 0 Å². The maximum absolute atomic E-state index is 12.8. The van der Waals surface area contributed by atoms with E-state index in [0.29, 0.717) is 5.56 Å². The maximum Gasteiger partial charge on any atom is 0.271 e. The number of piperidine rings is 1. The number of hydrogen-bond acceptors (Lipinski definition) is 5. The van der Waals surface area contributed by atoms with E-state index in [-0.39, 0.29) is 17.2 Å². The molecule has 3 N–H and O–H groups in total. The second-order valence-electron chi connectivity index (χ2n) is 8.27. The van der Waals surface area contributed by atoms with Crippen molar-refractivity contribution in [3.05, 3.63) is 76.7 Å². The van der Waals surface area contributed by atoms with Crippen LogP contribution in [0.2, 0.25) is 0 Å². The van der Waals surface area contributed by atoms with Gasteiger partial charge in [0.2, 0.25) is 0 Å². The standard InChI is InChI=1S/C25H29N5O2/c1-29(2)28-21-8-6-7-19(15-21)20-16-23(25(32)26-17-20)27-24(31)18-9-11-22(12-10-18)30-13-4-3-5-14-30/h6-12,15-17,28H,3-5,13-14H2,1-2H3,(H,26,32)(H,27,31). The van der Waals surface area contributed by atoms with E-state index < -0.39 is 0 Å². The van der Waals surface area contributed by atoms with E-state index in [1.807, 2.05) is 67.6 Å². The zero-order valence-corrected chi connectivity index (χ0v) is 18.5. The molecule has 0 atom stereocenters. The number of aromatic amines is 1. The average molecular weight is 432 g/mol. The number of aromatic nitrogens is 1. The Hall–Kier alpha value is -3.58. The molecule has 0 spiro atoms. The van der Waals surface area contributed by atoms with Gasteiger partial charge in [-0.05, 0) is 67.3 Å². The Balaban J connectivity index is 1.50. The molecule has 4 rings (SSSR count). The number of rotatable bonds is 6.